The summed E-state index contributed by atoms with van der Waals surface area (Å²) in [6.45, 7) is 4.50. The number of rotatable bonds is 0. The van der Waals surface area contributed by atoms with Crippen molar-refractivity contribution in [2.75, 3.05) is 0 Å². The molecule has 2 aliphatic rings. The van der Waals surface area contributed by atoms with Crippen LogP contribution in [0.4, 0.5) is 0 Å². The largest absolute Gasteiger partial charge is 0.299 e. The average Bonchev–Trinajstić information content (AvgIpc) is 2.20. The van der Waals surface area contributed by atoms with Crippen LogP contribution in [0.3, 0.4) is 0 Å². The third-order valence-corrected chi connectivity index (χ3v) is 3.59. The maximum absolute atomic E-state index is 11.3. The molecule has 0 aromatic rings. The quantitative estimate of drug-likeness (QED) is 0.500. The summed E-state index contributed by atoms with van der Waals surface area (Å²) in [6, 6.07) is 0. The van der Waals surface area contributed by atoms with Crippen molar-refractivity contribution in [1.82, 2.24) is 0 Å². The molecule has 2 unspecified atom stereocenters. The SMILES string of the molecule is CC1(C)C2CCC1C(=O)C2. The van der Waals surface area contributed by atoms with Gasteiger partial charge in [-0.1, -0.05) is 13.8 Å². The van der Waals surface area contributed by atoms with Crippen molar-refractivity contribution < 1.29 is 4.79 Å². The molecule has 1 nitrogen and oxygen atoms in total. The van der Waals surface area contributed by atoms with Crippen molar-refractivity contribution in [3.63, 3.8) is 0 Å². The third-order valence-electron chi connectivity index (χ3n) is 3.59. The number of fused-ring (bicyclic) bond motifs is 2. The van der Waals surface area contributed by atoms with Gasteiger partial charge in [0.1, 0.15) is 5.78 Å². The van der Waals surface area contributed by atoms with Gasteiger partial charge in [-0.2, -0.15) is 0 Å². The molecule has 10 heavy (non-hydrogen) atoms. The Morgan fingerprint density at radius 3 is 2.30 bits per heavy atom. The zero-order valence-electron chi connectivity index (χ0n) is 6.68. The fourth-order valence-corrected chi connectivity index (χ4v) is 2.72. The van der Waals surface area contributed by atoms with Crippen molar-refractivity contribution in [1.29, 1.82) is 0 Å². The molecule has 0 radical (unpaired) electrons. The molecule has 0 aromatic heterocycles. The van der Waals surface area contributed by atoms with Gasteiger partial charge in [0.25, 0.3) is 0 Å². The fourth-order valence-electron chi connectivity index (χ4n) is 2.72. The molecular formula is C9H14O. The van der Waals surface area contributed by atoms with Gasteiger partial charge < -0.3 is 0 Å². The smallest absolute Gasteiger partial charge is 0.136 e. The fraction of sp³-hybridized carbons (Fsp3) is 0.889. The molecule has 0 spiro atoms. The zero-order chi connectivity index (χ0) is 7.35. The van der Waals surface area contributed by atoms with Crippen LogP contribution >= 0.6 is 0 Å². The summed E-state index contributed by atoms with van der Waals surface area (Å²) in [5, 5.41) is 0. The number of carbonyl (C=O) groups is 1. The lowest BCUT2D eigenvalue weighted by atomic mass is 9.82. The molecule has 2 fully saturated rings. The molecule has 1 heteroatoms. The van der Waals surface area contributed by atoms with Crippen LogP contribution in [-0.2, 0) is 4.79 Å². The van der Waals surface area contributed by atoms with Crippen molar-refractivity contribution in [2.45, 2.75) is 33.1 Å². The van der Waals surface area contributed by atoms with Gasteiger partial charge >= 0.3 is 0 Å². The van der Waals surface area contributed by atoms with E-state index in [9.17, 15) is 4.79 Å². The Bertz CT molecular complexity index is 181. The molecule has 0 aromatic carbocycles. The summed E-state index contributed by atoms with van der Waals surface area (Å²) in [4.78, 5) is 11.3. The minimum atomic E-state index is 0.344. The Hall–Kier alpha value is -0.330. The highest BCUT2D eigenvalue weighted by atomic mass is 16.1. The first kappa shape index (κ1) is 6.38. The number of carbonyl (C=O) groups excluding carboxylic acids is 1. The molecule has 2 rings (SSSR count). The van der Waals surface area contributed by atoms with Crippen LogP contribution in [0.2, 0.25) is 0 Å². The van der Waals surface area contributed by atoms with Crippen molar-refractivity contribution in [3.05, 3.63) is 0 Å². The first-order chi connectivity index (χ1) is 4.62. The number of Topliss-reactive ketones (excluding diaryl/α,β-unsaturated/α-hetero) is 1. The monoisotopic (exact) mass is 138 g/mol. The maximum Gasteiger partial charge on any atom is 0.136 e. The summed E-state index contributed by atoms with van der Waals surface area (Å²) in [5.74, 6) is 1.66. The second kappa shape index (κ2) is 1.63. The van der Waals surface area contributed by atoms with Crippen LogP contribution in [0.25, 0.3) is 0 Å². The van der Waals surface area contributed by atoms with E-state index >= 15 is 0 Å². The molecule has 0 amide bonds. The lowest BCUT2D eigenvalue weighted by Crippen LogP contribution is -2.19. The second-order valence-electron chi connectivity index (χ2n) is 4.32. The minimum absolute atomic E-state index is 0.344. The van der Waals surface area contributed by atoms with Gasteiger partial charge in [-0.05, 0) is 24.2 Å². The molecule has 0 heterocycles. The van der Waals surface area contributed by atoms with E-state index in [0.29, 0.717) is 23.0 Å². The summed E-state index contributed by atoms with van der Waals surface area (Å²) >= 11 is 0. The Morgan fingerprint density at radius 1 is 1.40 bits per heavy atom. The van der Waals surface area contributed by atoms with Crippen LogP contribution in [0.1, 0.15) is 33.1 Å². The Balaban J connectivity index is 2.35. The minimum Gasteiger partial charge on any atom is -0.299 e. The van der Waals surface area contributed by atoms with E-state index in [1.807, 2.05) is 0 Å². The van der Waals surface area contributed by atoms with Gasteiger partial charge in [0.05, 0.1) is 0 Å². The molecule has 2 saturated carbocycles. The first-order valence-corrected chi connectivity index (χ1v) is 4.15. The lowest BCUT2D eigenvalue weighted by molar-refractivity contribution is -0.122. The van der Waals surface area contributed by atoms with E-state index in [1.165, 1.54) is 6.42 Å². The third kappa shape index (κ3) is 0.561. The normalized spacial score (nSPS) is 42.8. The van der Waals surface area contributed by atoms with E-state index in [0.717, 1.165) is 12.8 Å². The molecular weight excluding hydrogens is 124 g/mol. The van der Waals surface area contributed by atoms with Gasteiger partial charge in [-0.3, -0.25) is 4.79 Å². The molecule has 0 aliphatic heterocycles. The second-order valence-corrected chi connectivity index (χ2v) is 4.32. The van der Waals surface area contributed by atoms with E-state index in [2.05, 4.69) is 13.8 Å². The van der Waals surface area contributed by atoms with Crippen LogP contribution in [-0.4, -0.2) is 5.78 Å². The summed E-state index contributed by atoms with van der Waals surface area (Å²) in [7, 11) is 0. The van der Waals surface area contributed by atoms with E-state index in [-0.39, 0.29) is 0 Å². The summed E-state index contributed by atoms with van der Waals surface area (Å²) in [5.41, 5.74) is 0.344. The van der Waals surface area contributed by atoms with Crippen LogP contribution in [0.5, 0.6) is 0 Å². The van der Waals surface area contributed by atoms with Crippen molar-refractivity contribution in [2.24, 2.45) is 17.3 Å². The van der Waals surface area contributed by atoms with Gasteiger partial charge in [0.15, 0.2) is 0 Å². The maximum atomic E-state index is 11.3. The van der Waals surface area contributed by atoms with Gasteiger partial charge in [0, 0.05) is 12.3 Å². The topological polar surface area (TPSA) is 17.1 Å². The van der Waals surface area contributed by atoms with Crippen LogP contribution < -0.4 is 0 Å². The standard InChI is InChI=1S/C9H14O/c1-9(2)6-3-4-7(9)8(10)5-6/h6-7H,3-5H2,1-2H3. The van der Waals surface area contributed by atoms with E-state index in [1.54, 1.807) is 0 Å². The van der Waals surface area contributed by atoms with Crippen LogP contribution in [0.15, 0.2) is 0 Å². The highest BCUT2D eigenvalue weighted by Gasteiger charge is 2.52. The highest BCUT2D eigenvalue weighted by molar-refractivity contribution is 5.85. The predicted molar refractivity (Wildman–Crippen MR) is 39.6 cm³/mol. The molecule has 56 valence electrons. The lowest BCUT2D eigenvalue weighted by Gasteiger charge is -2.21. The Kier molecular flexibility index (Phi) is 1.04. The van der Waals surface area contributed by atoms with Gasteiger partial charge in [-0.15, -0.1) is 0 Å². The Morgan fingerprint density at radius 2 is 2.10 bits per heavy atom. The summed E-state index contributed by atoms with van der Waals surface area (Å²) < 4.78 is 0. The van der Waals surface area contributed by atoms with E-state index in [4.69, 9.17) is 0 Å². The molecule has 2 atom stereocenters. The number of ketones is 1. The van der Waals surface area contributed by atoms with Crippen molar-refractivity contribution in [3.8, 4) is 0 Å². The number of hydrogen-bond donors (Lipinski definition) is 0. The van der Waals surface area contributed by atoms with Crippen LogP contribution in [0, 0.1) is 17.3 Å². The molecule has 0 saturated heterocycles. The Labute approximate surface area is 61.8 Å². The number of hydrogen-bond acceptors (Lipinski definition) is 1. The zero-order valence-corrected chi connectivity index (χ0v) is 6.68. The van der Waals surface area contributed by atoms with E-state index < -0.39 is 0 Å². The highest BCUT2D eigenvalue weighted by Crippen LogP contribution is 2.55. The average molecular weight is 138 g/mol. The van der Waals surface area contributed by atoms with Gasteiger partial charge in [-0.25, -0.2) is 0 Å². The van der Waals surface area contributed by atoms with Crippen molar-refractivity contribution >= 4 is 5.78 Å². The van der Waals surface area contributed by atoms with Gasteiger partial charge in [0.2, 0.25) is 0 Å². The predicted octanol–water partition coefficient (Wildman–Crippen LogP) is 2.01. The molecule has 2 bridgehead atoms. The summed E-state index contributed by atoms with van der Waals surface area (Å²) in [6.07, 6.45) is 3.33. The first-order valence-electron chi connectivity index (χ1n) is 4.15. The molecule has 2 aliphatic carbocycles. The molecule has 0 N–H and O–H groups in total.